The Morgan fingerprint density at radius 3 is 2.95 bits per heavy atom. The summed E-state index contributed by atoms with van der Waals surface area (Å²) in [6.45, 7) is 0.819. The zero-order chi connectivity index (χ0) is 14.9. The van der Waals surface area contributed by atoms with Crippen LogP contribution in [0.5, 0.6) is 0 Å². The zero-order valence-corrected chi connectivity index (χ0v) is 11.8. The van der Waals surface area contributed by atoms with Crippen LogP contribution in [-0.4, -0.2) is 42.0 Å². The molecule has 1 unspecified atom stereocenters. The molecule has 1 saturated heterocycles. The second kappa shape index (κ2) is 5.50. The highest BCUT2D eigenvalue weighted by Gasteiger charge is 2.44. The lowest BCUT2D eigenvalue weighted by Gasteiger charge is -2.36. The molecule has 0 bridgehead atoms. The molecule has 1 N–H and O–H groups in total. The molecule has 1 aromatic heterocycles. The Hall–Kier alpha value is -1.85. The Bertz CT molecular complexity index is 527. The average Bonchev–Trinajstić information content (AvgIpc) is 3.15. The summed E-state index contributed by atoms with van der Waals surface area (Å²) < 4.78 is 19.7. The topological polar surface area (TPSA) is 62.6 Å². The van der Waals surface area contributed by atoms with Gasteiger partial charge in [0, 0.05) is 13.1 Å². The van der Waals surface area contributed by atoms with Crippen molar-refractivity contribution in [3.63, 3.8) is 0 Å². The molecule has 1 atom stereocenters. The van der Waals surface area contributed by atoms with Gasteiger partial charge in [-0.15, -0.1) is 0 Å². The van der Waals surface area contributed by atoms with E-state index in [1.165, 1.54) is 17.4 Å². The van der Waals surface area contributed by atoms with Gasteiger partial charge in [-0.3, -0.25) is 9.59 Å². The molecule has 0 aromatic carbocycles. The number of alkyl halides is 1. The number of amides is 2. The Labute approximate surface area is 122 Å². The number of rotatable bonds is 4. The van der Waals surface area contributed by atoms with Gasteiger partial charge in [-0.2, -0.15) is 0 Å². The smallest absolute Gasteiger partial charge is 0.259 e. The van der Waals surface area contributed by atoms with Crippen LogP contribution in [0, 0.1) is 5.92 Å². The molecule has 6 heteroatoms. The fourth-order valence-corrected chi connectivity index (χ4v) is 2.66. The predicted molar refractivity (Wildman–Crippen MR) is 73.4 cm³/mol. The first-order valence-electron chi connectivity index (χ1n) is 7.37. The third-order valence-electron chi connectivity index (χ3n) is 4.15. The van der Waals surface area contributed by atoms with Crippen LogP contribution in [0.25, 0.3) is 0 Å². The van der Waals surface area contributed by atoms with E-state index in [9.17, 15) is 14.0 Å². The highest BCUT2D eigenvalue weighted by molar-refractivity contribution is 5.95. The Morgan fingerprint density at radius 2 is 2.29 bits per heavy atom. The van der Waals surface area contributed by atoms with Crippen LogP contribution in [0.2, 0.25) is 0 Å². The van der Waals surface area contributed by atoms with Crippen molar-refractivity contribution in [2.75, 3.05) is 19.6 Å². The maximum atomic E-state index is 14.9. The van der Waals surface area contributed by atoms with Gasteiger partial charge < -0.3 is 14.6 Å². The van der Waals surface area contributed by atoms with Gasteiger partial charge >= 0.3 is 0 Å². The number of halogens is 1. The summed E-state index contributed by atoms with van der Waals surface area (Å²) in [5.41, 5.74) is -1.59. The van der Waals surface area contributed by atoms with E-state index >= 15 is 0 Å². The Kier molecular flexibility index (Phi) is 3.69. The lowest BCUT2D eigenvalue weighted by atomic mass is 9.93. The number of piperidine rings is 1. The molecule has 1 saturated carbocycles. The van der Waals surface area contributed by atoms with Crippen LogP contribution in [-0.2, 0) is 4.79 Å². The van der Waals surface area contributed by atoms with Gasteiger partial charge in [-0.05, 0) is 37.7 Å². The highest BCUT2D eigenvalue weighted by Crippen LogP contribution is 2.30. The summed E-state index contributed by atoms with van der Waals surface area (Å²) in [5.74, 6) is -0.371. The van der Waals surface area contributed by atoms with Crippen molar-refractivity contribution in [3.8, 4) is 0 Å². The molecule has 3 rings (SSSR count). The zero-order valence-electron chi connectivity index (χ0n) is 11.8. The Morgan fingerprint density at radius 1 is 1.48 bits per heavy atom. The molecule has 1 aliphatic carbocycles. The second-order valence-electron chi connectivity index (χ2n) is 5.96. The molecule has 2 aliphatic rings. The van der Waals surface area contributed by atoms with E-state index in [1.807, 2.05) is 0 Å². The van der Waals surface area contributed by atoms with Gasteiger partial charge in [0.2, 0.25) is 5.67 Å². The molecule has 2 heterocycles. The van der Waals surface area contributed by atoms with Crippen LogP contribution < -0.4 is 5.32 Å². The largest absolute Gasteiger partial charge is 0.472 e. The summed E-state index contributed by atoms with van der Waals surface area (Å²) in [5, 5.41) is 2.68. The third-order valence-corrected chi connectivity index (χ3v) is 4.15. The van der Waals surface area contributed by atoms with Gasteiger partial charge in [0.25, 0.3) is 11.8 Å². The molecule has 1 aliphatic heterocycles. The van der Waals surface area contributed by atoms with Gasteiger partial charge in [0.1, 0.15) is 6.26 Å². The second-order valence-corrected chi connectivity index (χ2v) is 5.96. The first kappa shape index (κ1) is 14.1. The van der Waals surface area contributed by atoms with Crippen molar-refractivity contribution < 1.29 is 18.4 Å². The van der Waals surface area contributed by atoms with Crippen molar-refractivity contribution in [3.05, 3.63) is 24.2 Å². The maximum absolute atomic E-state index is 14.9. The van der Waals surface area contributed by atoms with Crippen molar-refractivity contribution in [1.82, 2.24) is 10.2 Å². The molecule has 2 fully saturated rings. The maximum Gasteiger partial charge on any atom is 0.259 e. The number of hydrogen-bond donors (Lipinski definition) is 1. The SMILES string of the molecule is O=C(c1ccoc1)N1CCCC(F)(C(=O)NCC2CC2)C1. The lowest BCUT2D eigenvalue weighted by molar-refractivity contribution is -0.135. The number of carbonyl (C=O) groups excluding carboxylic acids is 2. The number of furan rings is 1. The quantitative estimate of drug-likeness (QED) is 0.920. The molecule has 114 valence electrons. The van der Waals surface area contributed by atoms with Gasteiger partial charge in [-0.25, -0.2) is 4.39 Å². The van der Waals surface area contributed by atoms with Crippen LogP contribution in [0.4, 0.5) is 4.39 Å². The van der Waals surface area contributed by atoms with E-state index in [-0.39, 0.29) is 18.9 Å². The average molecular weight is 294 g/mol. The molecule has 2 amide bonds. The van der Waals surface area contributed by atoms with Gasteiger partial charge in [0.05, 0.1) is 18.4 Å². The summed E-state index contributed by atoms with van der Waals surface area (Å²) in [6, 6.07) is 1.55. The normalized spacial score (nSPS) is 25.7. The van der Waals surface area contributed by atoms with Crippen LogP contribution in [0.15, 0.2) is 23.0 Å². The van der Waals surface area contributed by atoms with E-state index in [4.69, 9.17) is 4.42 Å². The van der Waals surface area contributed by atoms with E-state index in [0.717, 1.165) is 12.8 Å². The number of likely N-dealkylation sites (tertiary alicyclic amines) is 1. The summed E-state index contributed by atoms with van der Waals surface area (Å²) in [6.07, 6.45) is 5.59. The van der Waals surface area contributed by atoms with Crippen molar-refractivity contribution in [1.29, 1.82) is 0 Å². The van der Waals surface area contributed by atoms with Gasteiger partial charge in [-0.1, -0.05) is 0 Å². The first-order valence-corrected chi connectivity index (χ1v) is 7.37. The lowest BCUT2D eigenvalue weighted by Crippen LogP contribution is -2.55. The minimum Gasteiger partial charge on any atom is -0.472 e. The summed E-state index contributed by atoms with van der Waals surface area (Å²) in [4.78, 5) is 25.7. The van der Waals surface area contributed by atoms with Crippen molar-refractivity contribution in [2.24, 2.45) is 5.92 Å². The number of carbonyl (C=O) groups is 2. The molecular formula is C15H19FN2O3. The van der Waals surface area contributed by atoms with Crippen molar-refractivity contribution in [2.45, 2.75) is 31.4 Å². The van der Waals surface area contributed by atoms with Crippen LogP contribution in [0.1, 0.15) is 36.0 Å². The fourth-order valence-electron chi connectivity index (χ4n) is 2.66. The fraction of sp³-hybridized carbons (Fsp3) is 0.600. The third kappa shape index (κ3) is 3.09. The van der Waals surface area contributed by atoms with Crippen LogP contribution >= 0.6 is 0 Å². The Balaban J connectivity index is 1.63. The highest BCUT2D eigenvalue weighted by atomic mass is 19.1. The summed E-state index contributed by atoms with van der Waals surface area (Å²) in [7, 11) is 0. The van der Waals surface area contributed by atoms with Crippen LogP contribution in [0.3, 0.4) is 0 Å². The number of nitrogens with one attached hydrogen (secondary N) is 1. The molecule has 0 radical (unpaired) electrons. The molecule has 21 heavy (non-hydrogen) atoms. The van der Waals surface area contributed by atoms with E-state index in [0.29, 0.717) is 31.0 Å². The number of hydrogen-bond acceptors (Lipinski definition) is 3. The monoisotopic (exact) mass is 294 g/mol. The first-order chi connectivity index (χ1) is 10.1. The van der Waals surface area contributed by atoms with E-state index < -0.39 is 11.6 Å². The standard InChI is InChI=1S/C15H19FN2O3/c16-15(14(20)17-8-11-2-3-11)5-1-6-18(10-15)13(19)12-4-7-21-9-12/h4,7,9,11H,1-3,5-6,8,10H2,(H,17,20). The van der Waals surface area contributed by atoms with E-state index in [2.05, 4.69) is 5.32 Å². The summed E-state index contributed by atoms with van der Waals surface area (Å²) >= 11 is 0. The molecule has 1 aromatic rings. The predicted octanol–water partition coefficient (Wildman–Crippen LogP) is 1.75. The number of nitrogens with zero attached hydrogens (tertiary/aromatic N) is 1. The van der Waals surface area contributed by atoms with E-state index in [1.54, 1.807) is 6.07 Å². The molecule has 5 nitrogen and oxygen atoms in total. The van der Waals surface area contributed by atoms with Gasteiger partial charge in [0.15, 0.2) is 0 Å². The minimum atomic E-state index is -1.98. The molecule has 0 spiro atoms. The minimum absolute atomic E-state index is 0.165. The van der Waals surface area contributed by atoms with Crippen molar-refractivity contribution >= 4 is 11.8 Å². The molecular weight excluding hydrogens is 275 g/mol.